The maximum Gasteiger partial charge on any atom is 0.258 e. The predicted octanol–water partition coefficient (Wildman–Crippen LogP) is 3.60. The molecule has 0 aliphatic heterocycles. The van der Waals surface area contributed by atoms with Gasteiger partial charge in [-0.15, -0.1) is 0 Å². The summed E-state index contributed by atoms with van der Waals surface area (Å²) < 4.78 is 18.3. The maximum atomic E-state index is 12.9. The van der Waals surface area contributed by atoms with E-state index in [0.29, 0.717) is 22.8 Å². The Kier molecular flexibility index (Phi) is 6.28. The van der Waals surface area contributed by atoms with Crippen molar-refractivity contribution in [3.05, 3.63) is 65.5 Å². The van der Waals surface area contributed by atoms with Gasteiger partial charge in [0.25, 0.3) is 5.91 Å². The van der Waals surface area contributed by atoms with Gasteiger partial charge in [-0.25, -0.2) is 4.39 Å². The zero-order chi connectivity index (χ0) is 18.4. The molecule has 0 aromatic heterocycles. The van der Waals surface area contributed by atoms with Crippen LogP contribution in [0.2, 0.25) is 0 Å². The molecule has 0 bridgehead atoms. The number of ketones is 1. The highest BCUT2D eigenvalue weighted by atomic mass is 19.1. The fraction of sp³-hybridized carbons (Fsp3) is 0.300. The lowest BCUT2D eigenvalue weighted by Gasteiger charge is -2.17. The molecule has 0 unspecified atom stereocenters. The number of hydrogen-bond acceptors (Lipinski definition) is 3. The molecule has 0 heterocycles. The third-order valence-electron chi connectivity index (χ3n) is 3.98. The van der Waals surface area contributed by atoms with Crippen LogP contribution in [-0.2, 0) is 4.79 Å². The highest BCUT2D eigenvalue weighted by Gasteiger charge is 2.12. The number of amides is 1. The minimum absolute atomic E-state index is 0.0757. The number of rotatable bonds is 7. The highest BCUT2D eigenvalue weighted by molar-refractivity contribution is 6.09. The molecule has 0 saturated carbocycles. The molecule has 1 amide bonds. The lowest BCUT2D eigenvalue weighted by Crippen LogP contribution is -2.38. The minimum atomic E-state index is -0.384. The Labute approximate surface area is 147 Å². The summed E-state index contributed by atoms with van der Waals surface area (Å²) in [4.78, 5) is 24.1. The topological polar surface area (TPSA) is 55.4 Å². The van der Waals surface area contributed by atoms with Crippen molar-refractivity contribution in [2.45, 2.75) is 26.8 Å². The standard InChI is InChI=1S/C20H22FNO3/c1-13(2)14(3)22-19(23)12-25-18-10-6-16(7-11-18)20(24)15-4-8-17(21)9-5-15/h4-11,13-14H,12H2,1-3H3,(H,22,23)/t14-/m1/s1. The molecule has 2 rings (SSSR count). The van der Waals surface area contributed by atoms with Crippen molar-refractivity contribution in [1.29, 1.82) is 0 Å². The molecule has 1 atom stereocenters. The molecule has 0 aliphatic rings. The van der Waals surface area contributed by atoms with E-state index in [9.17, 15) is 14.0 Å². The van der Waals surface area contributed by atoms with Crippen molar-refractivity contribution in [2.75, 3.05) is 6.61 Å². The molecule has 2 aromatic carbocycles. The SMILES string of the molecule is CC(C)[C@@H](C)NC(=O)COc1ccc(C(=O)c2ccc(F)cc2)cc1. The van der Waals surface area contributed by atoms with Crippen molar-refractivity contribution >= 4 is 11.7 Å². The van der Waals surface area contributed by atoms with E-state index >= 15 is 0 Å². The van der Waals surface area contributed by atoms with E-state index in [1.54, 1.807) is 24.3 Å². The van der Waals surface area contributed by atoms with Gasteiger partial charge < -0.3 is 10.1 Å². The monoisotopic (exact) mass is 343 g/mol. The van der Waals surface area contributed by atoms with Crippen LogP contribution in [0.3, 0.4) is 0 Å². The normalized spacial score (nSPS) is 11.9. The molecule has 2 aromatic rings. The molecule has 0 spiro atoms. The second kappa shape index (κ2) is 8.42. The lowest BCUT2D eigenvalue weighted by atomic mass is 10.0. The number of carbonyl (C=O) groups excluding carboxylic acids is 2. The zero-order valence-electron chi connectivity index (χ0n) is 14.6. The molecule has 1 N–H and O–H groups in total. The number of carbonyl (C=O) groups is 2. The summed E-state index contributed by atoms with van der Waals surface area (Å²) in [5.74, 6) is 0.0804. The molecular weight excluding hydrogens is 321 g/mol. The van der Waals surface area contributed by atoms with Crippen molar-refractivity contribution in [3.8, 4) is 5.75 Å². The maximum absolute atomic E-state index is 12.9. The Morgan fingerprint density at radius 2 is 1.48 bits per heavy atom. The number of nitrogens with one attached hydrogen (secondary N) is 1. The fourth-order valence-electron chi connectivity index (χ4n) is 2.08. The van der Waals surface area contributed by atoms with Crippen LogP contribution in [0.5, 0.6) is 5.75 Å². The molecule has 4 nitrogen and oxygen atoms in total. The first kappa shape index (κ1) is 18.6. The van der Waals surface area contributed by atoms with Gasteiger partial charge in [0.05, 0.1) is 0 Å². The Balaban J connectivity index is 1.92. The van der Waals surface area contributed by atoms with Crippen LogP contribution in [0.25, 0.3) is 0 Å². The van der Waals surface area contributed by atoms with Crippen molar-refractivity contribution in [1.82, 2.24) is 5.32 Å². The van der Waals surface area contributed by atoms with E-state index in [4.69, 9.17) is 4.74 Å². The minimum Gasteiger partial charge on any atom is -0.484 e. The van der Waals surface area contributed by atoms with Crippen LogP contribution in [0, 0.1) is 11.7 Å². The van der Waals surface area contributed by atoms with Gasteiger partial charge in [-0.1, -0.05) is 13.8 Å². The number of halogens is 1. The van der Waals surface area contributed by atoms with Crippen molar-refractivity contribution in [2.24, 2.45) is 5.92 Å². The molecule has 0 fully saturated rings. The van der Waals surface area contributed by atoms with Crippen LogP contribution in [-0.4, -0.2) is 24.3 Å². The van der Waals surface area contributed by atoms with Gasteiger partial charge in [-0.2, -0.15) is 0 Å². The fourth-order valence-corrected chi connectivity index (χ4v) is 2.08. The number of hydrogen-bond donors (Lipinski definition) is 1. The van der Waals surface area contributed by atoms with Gasteiger partial charge in [-0.3, -0.25) is 9.59 Å². The van der Waals surface area contributed by atoms with Gasteiger partial charge in [0.15, 0.2) is 12.4 Å². The Morgan fingerprint density at radius 1 is 0.960 bits per heavy atom. The van der Waals surface area contributed by atoms with Crippen LogP contribution in [0.15, 0.2) is 48.5 Å². The Bertz CT molecular complexity index is 724. The summed E-state index contributed by atoms with van der Waals surface area (Å²) in [5, 5.41) is 2.86. The van der Waals surface area contributed by atoms with Crippen LogP contribution >= 0.6 is 0 Å². The second-order valence-corrected chi connectivity index (χ2v) is 6.25. The molecule has 5 heteroatoms. The summed E-state index contributed by atoms with van der Waals surface area (Å²) in [6.45, 7) is 5.92. The third kappa shape index (κ3) is 5.41. The summed E-state index contributed by atoms with van der Waals surface area (Å²) in [5.41, 5.74) is 0.883. The lowest BCUT2D eigenvalue weighted by molar-refractivity contribution is -0.124. The molecule has 0 saturated heterocycles. The summed E-state index contributed by atoms with van der Waals surface area (Å²) in [6.07, 6.45) is 0. The largest absolute Gasteiger partial charge is 0.484 e. The highest BCUT2D eigenvalue weighted by Crippen LogP contribution is 2.16. The summed E-state index contributed by atoms with van der Waals surface area (Å²) in [6, 6.07) is 12.0. The first-order valence-corrected chi connectivity index (χ1v) is 8.19. The third-order valence-corrected chi connectivity index (χ3v) is 3.98. The van der Waals surface area contributed by atoms with E-state index in [1.807, 2.05) is 20.8 Å². The quantitative estimate of drug-likeness (QED) is 0.782. The van der Waals surface area contributed by atoms with Gasteiger partial charge in [0.1, 0.15) is 11.6 Å². The smallest absolute Gasteiger partial charge is 0.258 e. The second-order valence-electron chi connectivity index (χ2n) is 6.25. The van der Waals surface area contributed by atoms with E-state index in [-0.39, 0.29) is 30.2 Å². The first-order valence-electron chi connectivity index (χ1n) is 8.19. The molecule has 132 valence electrons. The van der Waals surface area contributed by atoms with Gasteiger partial charge in [0.2, 0.25) is 0 Å². The van der Waals surface area contributed by atoms with Crippen LogP contribution < -0.4 is 10.1 Å². The van der Waals surface area contributed by atoms with Gasteiger partial charge >= 0.3 is 0 Å². The van der Waals surface area contributed by atoms with Crippen LogP contribution in [0.4, 0.5) is 4.39 Å². The van der Waals surface area contributed by atoms with E-state index in [0.717, 1.165) is 0 Å². The van der Waals surface area contributed by atoms with Gasteiger partial charge in [-0.05, 0) is 61.4 Å². The average molecular weight is 343 g/mol. The van der Waals surface area contributed by atoms with E-state index in [2.05, 4.69) is 5.32 Å². The Morgan fingerprint density at radius 3 is 2.00 bits per heavy atom. The molecular formula is C20H22FNO3. The van der Waals surface area contributed by atoms with E-state index < -0.39 is 0 Å². The zero-order valence-corrected chi connectivity index (χ0v) is 14.6. The Hall–Kier alpha value is -2.69. The predicted molar refractivity (Wildman–Crippen MR) is 94.2 cm³/mol. The number of benzene rings is 2. The average Bonchev–Trinajstić information content (AvgIpc) is 2.60. The van der Waals surface area contributed by atoms with Crippen molar-refractivity contribution in [3.63, 3.8) is 0 Å². The molecule has 0 radical (unpaired) electrons. The number of ether oxygens (including phenoxy) is 1. The summed E-state index contributed by atoms with van der Waals surface area (Å²) >= 11 is 0. The summed E-state index contributed by atoms with van der Waals surface area (Å²) in [7, 11) is 0. The molecule has 0 aliphatic carbocycles. The van der Waals surface area contributed by atoms with Crippen LogP contribution in [0.1, 0.15) is 36.7 Å². The van der Waals surface area contributed by atoms with Gasteiger partial charge in [0, 0.05) is 17.2 Å². The van der Waals surface area contributed by atoms with E-state index in [1.165, 1.54) is 24.3 Å². The molecule has 25 heavy (non-hydrogen) atoms. The van der Waals surface area contributed by atoms with Crippen molar-refractivity contribution < 1.29 is 18.7 Å². The first-order chi connectivity index (χ1) is 11.9.